The zero-order valence-corrected chi connectivity index (χ0v) is 23.9. The molecule has 0 fully saturated rings. The molecule has 0 saturated carbocycles. The van der Waals surface area contributed by atoms with Gasteiger partial charge in [0.15, 0.2) is 6.20 Å². The van der Waals surface area contributed by atoms with Gasteiger partial charge in [-0.3, -0.25) is 0 Å². The summed E-state index contributed by atoms with van der Waals surface area (Å²) >= 11 is 0. The quantitative estimate of drug-likeness (QED) is 0.112. The molecule has 2 aromatic carbocycles. The van der Waals surface area contributed by atoms with E-state index in [1.54, 1.807) is 0 Å². The lowest BCUT2D eigenvalue weighted by molar-refractivity contribution is -0.644. The Morgan fingerprint density at radius 1 is 0.921 bits per heavy atom. The molecule has 2 aromatic heterocycles. The van der Waals surface area contributed by atoms with Crippen LogP contribution >= 0.6 is 8.53 Å². The number of para-hydroxylation sites is 2. The number of nitriles is 1. The first-order valence-electron chi connectivity index (χ1n) is 13.2. The predicted octanol–water partition coefficient (Wildman–Crippen LogP) is 7.08. The van der Waals surface area contributed by atoms with E-state index in [9.17, 15) is 0 Å². The van der Waals surface area contributed by atoms with Crippen molar-refractivity contribution < 1.29 is 13.6 Å². The Morgan fingerprint density at radius 2 is 1.58 bits per heavy atom. The zero-order valence-electron chi connectivity index (χ0n) is 23.0. The van der Waals surface area contributed by atoms with Gasteiger partial charge < -0.3 is 13.6 Å². The first kappa shape index (κ1) is 28.0. The van der Waals surface area contributed by atoms with Crippen LogP contribution in [0.3, 0.4) is 0 Å². The molecule has 4 rings (SSSR count). The molecule has 1 atom stereocenters. The maximum absolute atomic E-state index is 8.96. The van der Waals surface area contributed by atoms with Crippen molar-refractivity contribution >= 4 is 42.5 Å². The van der Waals surface area contributed by atoms with Crippen LogP contribution in [0.4, 0.5) is 0 Å². The van der Waals surface area contributed by atoms with Crippen molar-refractivity contribution in [3.05, 3.63) is 78.1 Å². The van der Waals surface area contributed by atoms with Crippen LogP contribution in [0, 0.1) is 11.3 Å². The second-order valence-electron chi connectivity index (χ2n) is 9.91. The molecular formula is C31H38N4O2P+. The molecule has 2 heterocycles. The molecule has 198 valence electrons. The normalized spacial score (nSPS) is 12.9. The van der Waals surface area contributed by atoms with Crippen molar-refractivity contribution in [3.63, 3.8) is 0 Å². The van der Waals surface area contributed by atoms with Crippen LogP contribution in [0.15, 0.2) is 67.0 Å². The van der Waals surface area contributed by atoms with Crippen LogP contribution in [0.2, 0.25) is 0 Å². The minimum absolute atomic E-state index is 0.281. The molecule has 38 heavy (non-hydrogen) atoms. The van der Waals surface area contributed by atoms with E-state index in [-0.39, 0.29) is 12.1 Å². The number of fused-ring (bicyclic) bond motifs is 2. The van der Waals surface area contributed by atoms with Gasteiger partial charge in [-0.15, -0.1) is 0 Å². The molecule has 1 unspecified atom stereocenters. The van der Waals surface area contributed by atoms with E-state index >= 15 is 0 Å². The number of pyridine rings is 1. The first-order chi connectivity index (χ1) is 18.4. The molecule has 0 bridgehead atoms. The maximum atomic E-state index is 8.96. The third kappa shape index (κ3) is 6.49. The van der Waals surface area contributed by atoms with Gasteiger partial charge in [0, 0.05) is 47.9 Å². The minimum Gasteiger partial charge on any atom is -0.345 e. The highest BCUT2D eigenvalue weighted by atomic mass is 31.2. The van der Waals surface area contributed by atoms with Gasteiger partial charge in [-0.05, 0) is 51.0 Å². The summed E-state index contributed by atoms with van der Waals surface area (Å²) in [6.07, 6.45) is 9.09. The molecule has 0 radical (unpaired) electrons. The summed E-state index contributed by atoms with van der Waals surface area (Å²) in [6.45, 7) is 10.2. The highest BCUT2D eigenvalue weighted by Gasteiger charge is 2.27. The summed E-state index contributed by atoms with van der Waals surface area (Å²) in [5.41, 5.74) is 4.76. The lowest BCUT2D eigenvalue weighted by Gasteiger charge is -2.35. The monoisotopic (exact) mass is 529 g/mol. The standard InChI is InChI=1S/C31H38N4O2P/c1-24(2)35(25(3)4)38(36-21-10-18-32)37-22-20-34-23-27(29-12-7-9-14-31(29)34)16-15-26-17-19-33(5)30-13-8-6-11-28(26)30/h6-9,11-17,19,23-25H,10,20-22H2,1-5H3/q+1. The first-order valence-corrected chi connectivity index (χ1v) is 14.4. The van der Waals surface area contributed by atoms with Gasteiger partial charge in [0.2, 0.25) is 5.52 Å². The average Bonchev–Trinajstić information content (AvgIpc) is 3.25. The second-order valence-corrected chi connectivity index (χ2v) is 11.4. The number of aryl methyl sites for hydroxylation is 1. The van der Waals surface area contributed by atoms with Gasteiger partial charge in [0.1, 0.15) is 7.05 Å². The summed E-state index contributed by atoms with van der Waals surface area (Å²) in [4.78, 5) is 0. The van der Waals surface area contributed by atoms with Gasteiger partial charge in [-0.2, -0.15) is 5.26 Å². The molecule has 7 heteroatoms. The molecule has 0 amide bonds. The highest BCUT2D eigenvalue weighted by molar-refractivity contribution is 7.44. The van der Waals surface area contributed by atoms with Crippen LogP contribution in [0.25, 0.3) is 34.0 Å². The van der Waals surface area contributed by atoms with Crippen LogP contribution in [-0.2, 0) is 22.6 Å². The second kappa shape index (κ2) is 13.1. The predicted molar refractivity (Wildman–Crippen MR) is 157 cm³/mol. The Labute approximate surface area is 227 Å². The summed E-state index contributed by atoms with van der Waals surface area (Å²) in [6, 6.07) is 21.9. The van der Waals surface area contributed by atoms with E-state index in [0.29, 0.717) is 26.2 Å². The van der Waals surface area contributed by atoms with E-state index in [1.165, 1.54) is 32.9 Å². The molecule has 4 aromatic rings. The van der Waals surface area contributed by atoms with Crippen molar-refractivity contribution in [2.75, 3.05) is 13.2 Å². The number of rotatable bonds is 12. The summed E-state index contributed by atoms with van der Waals surface area (Å²) in [5.74, 6) is 0. The van der Waals surface area contributed by atoms with E-state index < -0.39 is 8.53 Å². The van der Waals surface area contributed by atoms with Crippen molar-refractivity contribution in [3.8, 4) is 6.07 Å². The molecule has 0 aliphatic heterocycles. The summed E-state index contributed by atoms with van der Waals surface area (Å²) in [7, 11) is 0.826. The van der Waals surface area contributed by atoms with E-state index in [4.69, 9.17) is 14.3 Å². The van der Waals surface area contributed by atoms with E-state index in [2.05, 4.69) is 134 Å². The van der Waals surface area contributed by atoms with Crippen molar-refractivity contribution in [2.24, 2.45) is 7.05 Å². The topological polar surface area (TPSA) is 54.3 Å². The SMILES string of the molecule is CC(C)N(C(C)C)P(OCCC#N)OCCn1cc(/C=C/c2cc[n+](C)c3ccccc23)c2ccccc21. The number of benzene rings is 2. The van der Waals surface area contributed by atoms with Crippen LogP contribution in [0.1, 0.15) is 45.2 Å². The molecule has 0 spiro atoms. The van der Waals surface area contributed by atoms with Gasteiger partial charge in [0.25, 0.3) is 8.53 Å². The molecule has 6 nitrogen and oxygen atoms in total. The number of nitrogens with zero attached hydrogens (tertiary/aromatic N) is 4. The van der Waals surface area contributed by atoms with Gasteiger partial charge in [-0.1, -0.05) is 42.5 Å². The number of hydrogen-bond acceptors (Lipinski definition) is 4. The lowest BCUT2D eigenvalue weighted by Crippen LogP contribution is -2.33. The fourth-order valence-corrected chi connectivity index (χ4v) is 6.42. The smallest absolute Gasteiger partial charge is 0.259 e. The maximum Gasteiger partial charge on any atom is 0.259 e. The Kier molecular flexibility index (Phi) is 9.66. The van der Waals surface area contributed by atoms with Crippen LogP contribution < -0.4 is 4.57 Å². The van der Waals surface area contributed by atoms with Crippen molar-refractivity contribution in [1.82, 2.24) is 9.24 Å². The van der Waals surface area contributed by atoms with Crippen molar-refractivity contribution in [2.45, 2.75) is 52.7 Å². The molecule has 0 N–H and O–H groups in total. The molecule has 0 saturated heterocycles. The largest absolute Gasteiger partial charge is 0.345 e. The van der Waals surface area contributed by atoms with Gasteiger partial charge in [0.05, 0.1) is 31.1 Å². The fourth-order valence-electron chi connectivity index (χ4n) is 4.84. The lowest BCUT2D eigenvalue weighted by atomic mass is 10.1. The Hall–Kier alpha value is -3.07. The average molecular weight is 530 g/mol. The Bertz CT molecular complexity index is 1430. The fraction of sp³-hybridized carbons (Fsp3) is 0.355. The van der Waals surface area contributed by atoms with Gasteiger partial charge in [-0.25, -0.2) is 9.24 Å². The number of hydrogen-bond donors (Lipinski definition) is 0. The highest BCUT2D eigenvalue weighted by Crippen LogP contribution is 2.46. The molecular weight excluding hydrogens is 491 g/mol. The third-order valence-corrected chi connectivity index (χ3v) is 8.64. The van der Waals surface area contributed by atoms with E-state index in [1.807, 2.05) is 0 Å². The summed E-state index contributed by atoms with van der Waals surface area (Å²) in [5, 5.41) is 11.4. The van der Waals surface area contributed by atoms with Crippen LogP contribution in [-0.4, -0.2) is 34.5 Å². The molecule has 0 aliphatic rings. The summed E-state index contributed by atoms with van der Waals surface area (Å²) < 4.78 is 19.1. The number of aromatic nitrogens is 2. The third-order valence-electron chi connectivity index (χ3n) is 6.53. The Balaban J connectivity index is 1.55. The zero-order chi connectivity index (χ0) is 27.1. The van der Waals surface area contributed by atoms with Crippen molar-refractivity contribution in [1.29, 1.82) is 5.26 Å². The van der Waals surface area contributed by atoms with E-state index in [0.717, 1.165) is 0 Å². The Morgan fingerprint density at radius 3 is 2.32 bits per heavy atom. The molecule has 0 aliphatic carbocycles. The minimum atomic E-state index is -1.25. The van der Waals surface area contributed by atoms with Gasteiger partial charge >= 0.3 is 0 Å². The van der Waals surface area contributed by atoms with Crippen LogP contribution in [0.5, 0.6) is 0 Å².